The number of nitrogens with two attached hydrogens (primary N) is 1. The van der Waals surface area contributed by atoms with Gasteiger partial charge in [-0.3, -0.25) is 4.79 Å². The zero-order valence-electron chi connectivity index (χ0n) is 10.5. The third-order valence-corrected chi connectivity index (χ3v) is 3.43. The molecule has 1 fully saturated rings. The largest absolute Gasteiger partial charge is 0.417 e. The zero-order valence-corrected chi connectivity index (χ0v) is 11.4. The van der Waals surface area contributed by atoms with Crippen LogP contribution in [-0.4, -0.2) is 17.4 Å². The number of benzene rings is 1. The van der Waals surface area contributed by atoms with Gasteiger partial charge in [-0.25, -0.2) is 0 Å². The van der Waals surface area contributed by atoms with Crippen molar-refractivity contribution >= 4 is 28.8 Å². The fourth-order valence-electron chi connectivity index (χ4n) is 2.23. The molecule has 0 spiro atoms. The van der Waals surface area contributed by atoms with E-state index in [1.165, 1.54) is 17.0 Å². The summed E-state index contributed by atoms with van der Waals surface area (Å²) in [5.74, 6) is -0.160. The molecule has 1 aromatic rings. The first-order chi connectivity index (χ1) is 9.30. The number of hydrogen-bond donors (Lipinski definition) is 1. The van der Waals surface area contributed by atoms with Gasteiger partial charge in [-0.2, -0.15) is 13.2 Å². The molecule has 20 heavy (non-hydrogen) atoms. The molecule has 2 rings (SSSR count). The van der Waals surface area contributed by atoms with Crippen molar-refractivity contribution in [1.29, 1.82) is 0 Å². The number of rotatable bonds is 2. The monoisotopic (exact) mass is 302 g/mol. The molecule has 1 saturated heterocycles. The lowest BCUT2D eigenvalue weighted by molar-refractivity contribution is -0.137. The van der Waals surface area contributed by atoms with Crippen molar-refractivity contribution in [3.05, 3.63) is 29.3 Å². The molecule has 2 N–H and O–H groups in total. The number of alkyl halides is 3. The van der Waals surface area contributed by atoms with E-state index in [1.54, 1.807) is 0 Å². The Morgan fingerprint density at radius 1 is 1.30 bits per heavy atom. The molecule has 1 heterocycles. The average molecular weight is 302 g/mol. The van der Waals surface area contributed by atoms with E-state index < -0.39 is 11.7 Å². The van der Waals surface area contributed by atoms with Crippen LogP contribution in [0.4, 0.5) is 18.9 Å². The summed E-state index contributed by atoms with van der Waals surface area (Å²) >= 11 is 4.64. The van der Waals surface area contributed by atoms with Crippen molar-refractivity contribution in [3.8, 4) is 0 Å². The molecule has 0 saturated carbocycles. The molecule has 1 aliphatic heterocycles. The summed E-state index contributed by atoms with van der Waals surface area (Å²) in [6.07, 6.45) is -2.65. The van der Waals surface area contributed by atoms with Gasteiger partial charge in [0.1, 0.15) is 4.99 Å². The summed E-state index contributed by atoms with van der Waals surface area (Å²) in [7, 11) is 0. The van der Waals surface area contributed by atoms with E-state index in [2.05, 4.69) is 12.2 Å². The number of carbonyl (C=O) groups excluding carboxylic acids is 1. The molecule has 7 heteroatoms. The summed E-state index contributed by atoms with van der Waals surface area (Å²) in [4.78, 5) is 12.8. The minimum atomic E-state index is -4.56. The van der Waals surface area contributed by atoms with E-state index in [0.717, 1.165) is 18.9 Å². The molecule has 1 aromatic carbocycles. The van der Waals surface area contributed by atoms with Crippen molar-refractivity contribution < 1.29 is 18.0 Å². The Balaban J connectivity index is 2.46. The molecule has 0 aromatic heterocycles. The quantitative estimate of drug-likeness (QED) is 0.855. The molecule has 108 valence electrons. The number of halogens is 3. The highest BCUT2D eigenvalue weighted by Crippen LogP contribution is 2.35. The van der Waals surface area contributed by atoms with Gasteiger partial charge in [-0.15, -0.1) is 0 Å². The van der Waals surface area contributed by atoms with Gasteiger partial charge < -0.3 is 10.6 Å². The topological polar surface area (TPSA) is 46.3 Å². The molecule has 0 atom stereocenters. The van der Waals surface area contributed by atoms with Gasteiger partial charge >= 0.3 is 6.18 Å². The van der Waals surface area contributed by atoms with E-state index in [1.807, 2.05) is 0 Å². The first-order valence-corrected chi connectivity index (χ1v) is 6.53. The van der Waals surface area contributed by atoms with Crippen LogP contribution in [0.15, 0.2) is 18.2 Å². The van der Waals surface area contributed by atoms with Crippen LogP contribution in [0, 0.1) is 0 Å². The molecular formula is C13H13F3N2OS. The molecule has 3 nitrogen and oxygen atoms in total. The highest BCUT2D eigenvalue weighted by atomic mass is 32.1. The molecule has 0 radical (unpaired) electrons. The normalized spacial score (nSPS) is 16.4. The third-order valence-electron chi connectivity index (χ3n) is 3.21. The van der Waals surface area contributed by atoms with Gasteiger partial charge in [-0.1, -0.05) is 12.2 Å². The van der Waals surface area contributed by atoms with E-state index in [9.17, 15) is 18.0 Å². The number of hydrogen-bond acceptors (Lipinski definition) is 2. The van der Waals surface area contributed by atoms with Gasteiger partial charge in [0.15, 0.2) is 0 Å². The lowest BCUT2D eigenvalue weighted by Gasteiger charge is -2.27. The Bertz CT molecular complexity index is 557. The van der Waals surface area contributed by atoms with Crippen LogP contribution in [0.2, 0.25) is 0 Å². The predicted molar refractivity (Wildman–Crippen MR) is 73.5 cm³/mol. The number of amides is 1. The van der Waals surface area contributed by atoms with Crippen molar-refractivity contribution in [2.45, 2.75) is 25.4 Å². The lowest BCUT2D eigenvalue weighted by Crippen LogP contribution is -2.35. The standard InChI is InChI=1S/C13H13F3N2OS/c14-13(15,16)10-7-8(4-5-9(10)12(17)20)18-6-2-1-3-11(18)19/h4-5,7H,1-3,6H2,(H2,17,20). The number of carbonyl (C=O) groups is 1. The molecule has 1 aliphatic rings. The fourth-order valence-corrected chi connectivity index (χ4v) is 2.41. The Morgan fingerprint density at radius 3 is 2.55 bits per heavy atom. The maximum absolute atomic E-state index is 13.0. The van der Waals surface area contributed by atoms with Crippen molar-refractivity contribution in [2.75, 3.05) is 11.4 Å². The summed E-state index contributed by atoms with van der Waals surface area (Å²) in [5, 5.41) is 0. The van der Waals surface area contributed by atoms with Crippen LogP contribution in [0.25, 0.3) is 0 Å². The van der Waals surface area contributed by atoms with E-state index in [-0.39, 0.29) is 22.1 Å². The summed E-state index contributed by atoms with van der Waals surface area (Å²) in [5.41, 5.74) is 4.43. The SMILES string of the molecule is NC(=S)c1ccc(N2CCCCC2=O)cc1C(F)(F)F. The Kier molecular flexibility index (Phi) is 3.99. The van der Waals surface area contributed by atoms with Gasteiger partial charge in [0.25, 0.3) is 0 Å². The molecule has 0 unspecified atom stereocenters. The van der Waals surface area contributed by atoms with Crippen LogP contribution >= 0.6 is 12.2 Å². The van der Waals surface area contributed by atoms with Crippen LogP contribution in [-0.2, 0) is 11.0 Å². The molecular weight excluding hydrogens is 289 g/mol. The predicted octanol–water partition coefficient (Wildman–Crippen LogP) is 2.86. The molecule has 0 aliphatic carbocycles. The van der Waals surface area contributed by atoms with Crippen LogP contribution in [0.5, 0.6) is 0 Å². The second-order valence-corrected chi connectivity index (χ2v) is 5.03. The maximum atomic E-state index is 13.0. The number of nitrogens with zero attached hydrogens (tertiary/aromatic N) is 1. The minimum Gasteiger partial charge on any atom is -0.389 e. The second-order valence-electron chi connectivity index (χ2n) is 4.59. The average Bonchev–Trinajstić information content (AvgIpc) is 2.37. The minimum absolute atomic E-state index is 0.160. The van der Waals surface area contributed by atoms with Crippen molar-refractivity contribution in [3.63, 3.8) is 0 Å². The van der Waals surface area contributed by atoms with Crippen LogP contribution in [0.1, 0.15) is 30.4 Å². The van der Waals surface area contributed by atoms with Crippen LogP contribution in [0.3, 0.4) is 0 Å². The van der Waals surface area contributed by atoms with Crippen molar-refractivity contribution in [2.24, 2.45) is 5.73 Å². The van der Waals surface area contributed by atoms with E-state index in [4.69, 9.17) is 5.73 Å². The van der Waals surface area contributed by atoms with Gasteiger partial charge in [0.05, 0.1) is 5.56 Å². The second kappa shape index (κ2) is 5.40. The van der Waals surface area contributed by atoms with Crippen LogP contribution < -0.4 is 10.6 Å². The molecule has 0 bridgehead atoms. The van der Waals surface area contributed by atoms with Gasteiger partial charge in [-0.05, 0) is 31.0 Å². The lowest BCUT2D eigenvalue weighted by atomic mass is 10.0. The maximum Gasteiger partial charge on any atom is 0.417 e. The van der Waals surface area contributed by atoms with E-state index in [0.29, 0.717) is 13.0 Å². The highest BCUT2D eigenvalue weighted by molar-refractivity contribution is 7.80. The Labute approximate surface area is 119 Å². The number of anilines is 1. The number of piperidine rings is 1. The zero-order chi connectivity index (χ0) is 14.9. The van der Waals surface area contributed by atoms with E-state index >= 15 is 0 Å². The first-order valence-electron chi connectivity index (χ1n) is 6.12. The third kappa shape index (κ3) is 2.92. The first kappa shape index (κ1) is 14.8. The molecule has 1 amide bonds. The summed E-state index contributed by atoms with van der Waals surface area (Å²) in [6, 6.07) is 3.62. The summed E-state index contributed by atoms with van der Waals surface area (Å²) in [6.45, 7) is 0.433. The van der Waals surface area contributed by atoms with Gasteiger partial charge in [0.2, 0.25) is 5.91 Å². The Hall–Kier alpha value is -1.63. The smallest absolute Gasteiger partial charge is 0.389 e. The Morgan fingerprint density at radius 2 is 2.00 bits per heavy atom. The fraction of sp³-hybridized carbons (Fsp3) is 0.385. The van der Waals surface area contributed by atoms with Gasteiger partial charge in [0, 0.05) is 24.2 Å². The summed E-state index contributed by atoms with van der Waals surface area (Å²) < 4.78 is 39.1. The highest BCUT2D eigenvalue weighted by Gasteiger charge is 2.35. The number of thiocarbonyl (C=S) groups is 1. The van der Waals surface area contributed by atoms with Crippen molar-refractivity contribution in [1.82, 2.24) is 0 Å².